The van der Waals surface area contributed by atoms with Gasteiger partial charge in [-0.3, -0.25) is 4.79 Å². The number of nitrogens with one attached hydrogen (secondary N) is 1. The van der Waals surface area contributed by atoms with Gasteiger partial charge in [0.2, 0.25) is 0 Å². The van der Waals surface area contributed by atoms with E-state index < -0.39 is 0 Å². The molecule has 0 saturated carbocycles. The van der Waals surface area contributed by atoms with E-state index in [1.54, 1.807) is 0 Å². The van der Waals surface area contributed by atoms with Crippen molar-refractivity contribution in [2.75, 3.05) is 13.2 Å². The van der Waals surface area contributed by atoms with Gasteiger partial charge in [-0.1, -0.05) is 23.2 Å². The SMILES string of the molecule is O=C(NC1CCCOC1)c1cnc(Cl)c(Cl)c1. The van der Waals surface area contributed by atoms with Crippen LogP contribution in [0.2, 0.25) is 10.2 Å². The smallest absolute Gasteiger partial charge is 0.253 e. The maximum absolute atomic E-state index is 11.9. The second-order valence-corrected chi connectivity index (χ2v) is 4.65. The fourth-order valence-electron chi connectivity index (χ4n) is 1.67. The van der Waals surface area contributed by atoms with Crippen LogP contribution in [0.15, 0.2) is 12.3 Å². The number of carbonyl (C=O) groups is 1. The predicted octanol–water partition coefficient (Wildman–Crippen LogP) is 2.30. The summed E-state index contributed by atoms with van der Waals surface area (Å²) in [5.41, 5.74) is 0.407. The minimum atomic E-state index is -0.202. The number of pyridine rings is 1. The first-order valence-corrected chi connectivity index (χ1v) is 6.12. The molecule has 0 spiro atoms. The third-order valence-electron chi connectivity index (χ3n) is 2.55. The number of rotatable bonds is 2. The number of amides is 1. The molecule has 1 saturated heterocycles. The highest BCUT2D eigenvalue weighted by molar-refractivity contribution is 6.41. The van der Waals surface area contributed by atoms with Crippen molar-refractivity contribution in [3.8, 4) is 0 Å². The molecule has 1 aliphatic rings. The number of hydrogen-bond donors (Lipinski definition) is 1. The standard InChI is InChI=1S/C11H12Cl2N2O2/c12-9-4-7(5-14-10(9)13)11(16)15-8-2-1-3-17-6-8/h4-5,8H,1-3,6H2,(H,15,16). The lowest BCUT2D eigenvalue weighted by atomic mass is 10.1. The zero-order chi connectivity index (χ0) is 12.3. The highest BCUT2D eigenvalue weighted by Gasteiger charge is 2.17. The van der Waals surface area contributed by atoms with E-state index in [9.17, 15) is 4.79 Å². The second-order valence-electron chi connectivity index (χ2n) is 3.88. The molecule has 17 heavy (non-hydrogen) atoms. The van der Waals surface area contributed by atoms with Gasteiger partial charge in [0.05, 0.1) is 23.2 Å². The average Bonchev–Trinajstić information content (AvgIpc) is 2.34. The summed E-state index contributed by atoms with van der Waals surface area (Å²) in [5.74, 6) is -0.202. The molecule has 1 fully saturated rings. The summed E-state index contributed by atoms with van der Waals surface area (Å²) in [6.07, 6.45) is 3.30. The Balaban J connectivity index is 2.01. The Morgan fingerprint density at radius 2 is 2.35 bits per heavy atom. The Morgan fingerprint density at radius 1 is 1.53 bits per heavy atom. The molecule has 2 heterocycles. The molecule has 2 rings (SSSR count). The molecular weight excluding hydrogens is 263 g/mol. The fourth-order valence-corrected chi connectivity index (χ4v) is 1.94. The summed E-state index contributed by atoms with van der Waals surface area (Å²) in [5, 5.41) is 3.35. The monoisotopic (exact) mass is 274 g/mol. The third-order valence-corrected chi connectivity index (χ3v) is 3.24. The first-order chi connectivity index (χ1) is 8.16. The van der Waals surface area contributed by atoms with Gasteiger partial charge in [0.1, 0.15) is 5.15 Å². The minimum absolute atomic E-state index is 0.0608. The summed E-state index contributed by atoms with van der Waals surface area (Å²) in [7, 11) is 0. The molecule has 1 N–H and O–H groups in total. The van der Waals surface area contributed by atoms with Crippen molar-refractivity contribution in [2.45, 2.75) is 18.9 Å². The average molecular weight is 275 g/mol. The van der Waals surface area contributed by atoms with Crippen LogP contribution in [0.3, 0.4) is 0 Å². The van der Waals surface area contributed by atoms with Crippen molar-refractivity contribution in [1.29, 1.82) is 0 Å². The van der Waals surface area contributed by atoms with Gasteiger partial charge in [-0.2, -0.15) is 0 Å². The number of aromatic nitrogens is 1. The van der Waals surface area contributed by atoms with Gasteiger partial charge in [-0.15, -0.1) is 0 Å². The van der Waals surface area contributed by atoms with E-state index in [4.69, 9.17) is 27.9 Å². The number of carbonyl (C=O) groups excluding carboxylic acids is 1. The third kappa shape index (κ3) is 3.31. The van der Waals surface area contributed by atoms with Crippen molar-refractivity contribution in [2.24, 2.45) is 0 Å². The molecule has 1 aliphatic heterocycles. The fraction of sp³-hybridized carbons (Fsp3) is 0.455. The summed E-state index contributed by atoms with van der Waals surface area (Å²) < 4.78 is 5.28. The molecule has 1 atom stereocenters. The summed E-state index contributed by atoms with van der Waals surface area (Å²) >= 11 is 11.5. The van der Waals surface area contributed by atoms with E-state index in [1.807, 2.05) is 0 Å². The van der Waals surface area contributed by atoms with Gasteiger partial charge in [-0.05, 0) is 18.9 Å². The molecule has 4 nitrogen and oxygen atoms in total. The highest BCUT2D eigenvalue weighted by atomic mass is 35.5. The molecule has 0 radical (unpaired) electrons. The Morgan fingerprint density at radius 3 is 3.00 bits per heavy atom. The number of ether oxygens (including phenoxy) is 1. The lowest BCUT2D eigenvalue weighted by Gasteiger charge is -2.23. The Labute approximate surface area is 109 Å². The summed E-state index contributed by atoms with van der Waals surface area (Å²) in [6, 6.07) is 1.57. The van der Waals surface area contributed by atoms with Crippen molar-refractivity contribution in [1.82, 2.24) is 10.3 Å². The van der Waals surface area contributed by atoms with Crippen molar-refractivity contribution < 1.29 is 9.53 Å². The van der Waals surface area contributed by atoms with E-state index in [1.165, 1.54) is 12.3 Å². The maximum atomic E-state index is 11.9. The lowest BCUT2D eigenvalue weighted by molar-refractivity contribution is 0.0624. The second kappa shape index (κ2) is 5.67. The molecule has 1 aromatic rings. The summed E-state index contributed by atoms with van der Waals surface area (Å²) in [4.78, 5) is 15.7. The van der Waals surface area contributed by atoms with Gasteiger partial charge < -0.3 is 10.1 Å². The molecule has 0 aliphatic carbocycles. The van der Waals surface area contributed by atoms with Gasteiger partial charge in [0.25, 0.3) is 5.91 Å². The van der Waals surface area contributed by atoms with Crippen LogP contribution in [-0.4, -0.2) is 30.1 Å². The topological polar surface area (TPSA) is 51.2 Å². The first kappa shape index (κ1) is 12.6. The Bertz CT molecular complexity index is 420. The molecule has 0 bridgehead atoms. The Hall–Kier alpha value is -0.840. The van der Waals surface area contributed by atoms with Crippen LogP contribution in [0, 0.1) is 0 Å². The zero-order valence-electron chi connectivity index (χ0n) is 9.08. The molecule has 1 amide bonds. The van der Waals surface area contributed by atoms with Crippen LogP contribution in [0.4, 0.5) is 0 Å². The van der Waals surface area contributed by atoms with E-state index in [0.29, 0.717) is 12.2 Å². The van der Waals surface area contributed by atoms with Gasteiger partial charge in [0, 0.05) is 12.8 Å². The van der Waals surface area contributed by atoms with Gasteiger partial charge >= 0.3 is 0 Å². The Kier molecular flexibility index (Phi) is 4.20. The highest BCUT2D eigenvalue weighted by Crippen LogP contribution is 2.19. The van der Waals surface area contributed by atoms with E-state index in [0.717, 1.165) is 19.4 Å². The van der Waals surface area contributed by atoms with Crippen LogP contribution >= 0.6 is 23.2 Å². The minimum Gasteiger partial charge on any atom is -0.379 e. The van der Waals surface area contributed by atoms with Crippen molar-refractivity contribution in [3.63, 3.8) is 0 Å². The largest absolute Gasteiger partial charge is 0.379 e. The molecule has 0 aromatic carbocycles. The van der Waals surface area contributed by atoms with Crippen LogP contribution in [0.1, 0.15) is 23.2 Å². The van der Waals surface area contributed by atoms with Crippen LogP contribution in [0.25, 0.3) is 0 Å². The number of halogens is 2. The number of hydrogen-bond acceptors (Lipinski definition) is 3. The van der Waals surface area contributed by atoms with Crippen LogP contribution in [-0.2, 0) is 4.74 Å². The molecule has 92 valence electrons. The van der Waals surface area contributed by atoms with Crippen LogP contribution in [0.5, 0.6) is 0 Å². The van der Waals surface area contributed by atoms with E-state index >= 15 is 0 Å². The summed E-state index contributed by atoms with van der Waals surface area (Å²) in [6.45, 7) is 1.32. The van der Waals surface area contributed by atoms with E-state index in [-0.39, 0.29) is 22.1 Å². The molecular formula is C11H12Cl2N2O2. The van der Waals surface area contributed by atoms with Crippen LogP contribution < -0.4 is 5.32 Å². The van der Waals surface area contributed by atoms with Crippen molar-refractivity contribution >= 4 is 29.1 Å². The molecule has 6 heteroatoms. The predicted molar refractivity (Wildman–Crippen MR) is 65.6 cm³/mol. The van der Waals surface area contributed by atoms with Crippen molar-refractivity contribution in [3.05, 3.63) is 28.0 Å². The molecule has 1 unspecified atom stereocenters. The van der Waals surface area contributed by atoms with Gasteiger partial charge in [-0.25, -0.2) is 4.98 Å². The number of nitrogens with zero attached hydrogens (tertiary/aromatic N) is 1. The quantitative estimate of drug-likeness (QED) is 0.842. The van der Waals surface area contributed by atoms with E-state index in [2.05, 4.69) is 10.3 Å². The van der Waals surface area contributed by atoms with Gasteiger partial charge in [0.15, 0.2) is 0 Å². The maximum Gasteiger partial charge on any atom is 0.253 e. The normalized spacial score (nSPS) is 20.0. The molecule has 1 aromatic heterocycles. The first-order valence-electron chi connectivity index (χ1n) is 5.36. The lowest BCUT2D eigenvalue weighted by Crippen LogP contribution is -2.40. The zero-order valence-corrected chi connectivity index (χ0v) is 10.6.